The van der Waals surface area contributed by atoms with E-state index < -0.39 is 23.9 Å². The molecule has 0 aliphatic carbocycles. The van der Waals surface area contributed by atoms with Crippen LogP contribution in [0.25, 0.3) is 5.69 Å². The quantitative estimate of drug-likeness (QED) is 0.761. The number of aryl methyl sites for hydroxylation is 1. The fourth-order valence-electron chi connectivity index (χ4n) is 3.69. The molecule has 2 aromatic rings. The van der Waals surface area contributed by atoms with E-state index in [2.05, 4.69) is 4.99 Å². The maximum atomic E-state index is 12.8. The normalized spacial score (nSPS) is 21.9. The molecular formula is C18H17F3N4O3S. The number of fused-ring (bicyclic) bond motifs is 1. The Kier molecular flexibility index (Phi) is 4.64. The Balaban J connectivity index is 1.58. The number of likely N-dealkylation sites (tertiary alicyclic amines) is 2. The van der Waals surface area contributed by atoms with Crippen LogP contribution in [-0.2, 0) is 6.18 Å². The molecule has 11 heteroatoms. The summed E-state index contributed by atoms with van der Waals surface area (Å²) in [6.07, 6.45) is -3.71. The van der Waals surface area contributed by atoms with Crippen LogP contribution in [0.3, 0.4) is 0 Å². The molecule has 3 heterocycles. The van der Waals surface area contributed by atoms with Crippen molar-refractivity contribution in [2.45, 2.75) is 19.1 Å². The SMILES string of the molecule is Cc1cn(-c2ccc(C(F)(F)F)cc2)c(=NC(=O)N2C[C@H]3CN(C(=O)O)[C@H]3C2)s1. The first-order chi connectivity index (χ1) is 13.6. The number of thiazole rings is 1. The molecule has 1 N–H and O–H groups in total. The summed E-state index contributed by atoms with van der Waals surface area (Å²) in [5.41, 5.74) is -0.286. The number of hydrogen-bond acceptors (Lipinski definition) is 3. The van der Waals surface area contributed by atoms with E-state index in [9.17, 15) is 22.8 Å². The number of alkyl halides is 3. The smallest absolute Gasteiger partial charge is 0.416 e. The number of benzene rings is 1. The zero-order chi connectivity index (χ0) is 20.9. The van der Waals surface area contributed by atoms with Gasteiger partial charge in [-0.25, -0.2) is 9.59 Å². The van der Waals surface area contributed by atoms with Gasteiger partial charge in [0, 0.05) is 42.3 Å². The molecule has 1 aromatic heterocycles. The summed E-state index contributed by atoms with van der Waals surface area (Å²) in [6.45, 7) is 2.97. The van der Waals surface area contributed by atoms with Crippen LogP contribution in [-0.4, -0.2) is 57.3 Å². The third-order valence-corrected chi connectivity index (χ3v) is 6.09. The minimum Gasteiger partial charge on any atom is -0.465 e. The van der Waals surface area contributed by atoms with Crippen molar-refractivity contribution >= 4 is 23.5 Å². The first-order valence-corrected chi connectivity index (χ1v) is 9.65. The Morgan fingerprint density at radius 1 is 1.17 bits per heavy atom. The van der Waals surface area contributed by atoms with E-state index in [-0.39, 0.29) is 12.0 Å². The van der Waals surface area contributed by atoms with Crippen LogP contribution < -0.4 is 4.80 Å². The number of nitrogens with zero attached hydrogens (tertiary/aromatic N) is 4. The van der Waals surface area contributed by atoms with Crippen molar-refractivity contribution in [3.63, 3.8) is 0 Å². The van der Waals surface area contributed by atoms with Crippen LogP contribution >= 0.6 is 11.3 Å². The van der Waals surface area contributed by atoms with Crippen molar-refractivity contribution in [1.82, 2.24) is 14.4 Å². The molecule has 2 fully saturated rings. The second kappa shape index (κ2) is 6.90. The van der Waals surface area contributed by atoms with Gasteiger partial charge in [0.25, 0.3) is 0 Å². The molecule has 2 saturated heterocycles. The van der Waals surface area contributed by atoms with Crippen LogP contribution in [0.15, 0.2) is 35.5 Å². The molecule has 2 aliphatic heterocycles. The Morgan fingerprint density at radius 3 is 2.48 bits per heavy atom. The average Bonchev–Trinajstić information content (AvgIpc) is 3.14. The highest BCUT2D eigenvalue weighted by Crippen LogP contribution is 2.32. The van der Waals surface area contributed by atoms with Gasteiger partial charge in [-0.05, 0) is 31.2 Å². The molecule has 4 rings (SSSR count). The average molecular weight is 426 g/mol. The van der Waals surface area contributed by atoms with E-state index in [0.717, 1.165) is 17.0 Å². The number of urea groups is 1. The third-order valence-electron chi connectivity index (χ3n) is 5.19. The first kappa shape index (κ1) is 19.5. The molecule has 29 heavy (non-hydrogen) atoms. The molecule has 0 spiro atoms. The van der Waals surface area contributed by atoms with Crippen molar-refractivity contribution in [3.8, 4) is 5.69 Å². The summed E-state index contributed by atoms with van der Waals surface area (Å²) in [4.78, 5) is 31.9. The van der Waals surface area contributed by atoms with Gasteiger partial charge < -0.3 is 14.9 Å². The lowest BCUT2D eigenvalue weighted by Gasteiger charge is -2.40. The lowest BCUT2D eigenvalue weighted by molar-refractivity contribution is -0.137. The predicted molar refractivity (Wildman–Crippen MR) is 97.9 cm³/mol. The minimum absolute atomic E-state index is 0.123. The van der Waals surface area contributed by atoms with Gasteiger partial charge in [0.2, 0.25) is 0 Å². The van der Waals surface area contributed by atoms with Gasteiger partial charge in [-0.1, -0.05) is 0 Å². The van der Waals surface area contributed by atoms with E-state index in [1.54, 1.807) is 10.8 Å². The Labute approximate surface area is 167 Å². The van der Waals surface area contributed by atoms with Crippen LogP contribution in [0.4, 0.5) is 22.8 Å². The number of carbonyl (C=O) groups excluding carboxylic acids is 1. The fourth-order valence-corrected chi connectivity index (χ4v) is 4.52. The molecule has 0 radical (unpaired) electrons. The highest BCUT2D eigenvalue weighted by molar-refractivity contribution is 7.09. The second-order valence-electron chi connectivity index (χ2n) is 7.10. The zero-order valence-corrected chi connectivity index (χ0v) is 16.1. The number of hydrogen-bond donors (Lipinski definition) is 1. The lowest BCUT2D eigenvalue weighted by Crippen LogP contribution is -2.57. The highest BCUT2D eigenvalue weighted by atomic mass is 32.1. The summed E-state index contributed by atoms with van der Waals surface area (Å²) in [5.74, 6) is 0.123. The number of carboxylic acid groups (broad SMARTS) is 1. The summed E-state index contributed by atoms with van der Waals surface area (Å²) in [6, 6.07) is 3.96. The molecule has 2 atom stereocenters. The van der Waals surface area contributed by atoms with E-state index in [0.29, 0.717) is 30.1 Å². The van der Waals surface area contributed by atoms with E-state index in [4.69, 9.17) is 5.11 Å². The van der Waals surface area contributed by atoms with Crippen molar-refractivity contribution in [2.75, 3.05) is 19.6 Å². The number of rotatable bonds is 1. The second-order valence-corrected chi connectivity index (χ2v) is 8.31. The lowest BCUT2D eigenvalue weighted by atomic mass is 9.93. The molecule has 1 aromatic carbocycles. The molecule has 3 amide bonds. The van der Waals surface area contributed by atoms with Gasteiger partial charge in [0.05, 0.1) is 11.6 Å². The van der Waals surface area contributed by atoms with Crippen LogP contribution in [0.2, 0.25) is 0 Å². The van der Waals surface area contributed by atoms with Crippen LogP contribution in [0.1, 0.15) is 10.4 Å². The van der Waals surface area contributed by atoms with Crippen LogP contribution in [0, 0.1) is 12.8 Å². The van der Waals surface area contributed by atoms with Crippen molar-refractivity contribution in [1.29, 1.82) is 0 Å². The highest BCUT2D eigenvalue weighted by Gasteiger charge is 2.49. The monoisotopic (exact) mass is 426 g/mol. The van der Waals surface area contributed by atoms with Gasteiger partial charge in [-0.3, -0.25) is 4.57 Å². The van der Waals surface area contributed by atoms with Crippen LogP contribution in [0.5, 0.6) is 0 Å². The number of carbonyl (C=O) groups is 2. The summed E-state index contributed by atoms with van der Waals surface area (Å²) >= 11 is 1.25. The summed E-state index contributed by atoms with van der Waals surface area (Å²) < 4.78 is 39.9. The van der Waals surface area contributed by atoms with Crippen molar-refractivity contribution in [2.24, 2.45) is 10.9 Å². The predicted octanol–water partition coefficient (Wildman–Crippen LogP) is 3.18. The number of amides is 3. The molecule has 154 valence electrons. The molecular weight excluding hydrogens is 409 g/mol. The summed E-state index contributed by atoms with van der Waals surface area (Å²) in [7, 11) is 0. The van der Waals surface area contributed by atoms with Gasteiger partial charge >= 0.3 is 18.3 Å². The molecule has 2 aliphatic rings. The first-order valence-electron chi connectivity index (χ1n) is 8.83. The van der Waals surface area contributed by atoms with Crippen molar-refractivity contribution in [3.05, 3.63) is 45.7 Å². The van der Waals surface area contributed by atoms with E-state index >= 15 is 0 Å². The Hall–Kier alpha value is -2.82. The number of halogens is 3. The Bertz CT molecular complexity index is 1030. The van der Waals surface area contributed by atoms with E-state index in [1.165, 1.54) is 33.3 Å². The molecule has 7 nitrogen and oxygen atoms in total. The molecule has 0 saturated carbocycles. The van der Waals surface area contributed by atoms with Gasteiger partial charge in [-0.2, -0.15) is 18.2 Å². The molecule has 0 bridgehead atoms. The zero-order valence-electron chi connectivity index (χ0n) is 15.3. The fraction of sp³-hybridized carbons (Fsp3) is 0.389. The van der Waals surface area contributed by atoms with Gasteiger partial charge in [0.15, 0.2) is 4.80 Å². The topological polar surface area (TPSA) is 78.1 Å². The largest absolute Gasteiger partial charge is 0.465 e. The van der Waals surface area contributed by atoms with Crippen molar-refractivity contribution < 1.29 is 27.9 Å². The Morgan fingerprint density at radius 2 is 1.86 bits per heavy atom. The van der Waals surface area contributed by atoms with Gasteiger partial charge in [0.1, 0.15) is 0 Å². The maximum Gasteiger partial charge on any atom is 0.416 e. The van der Waals surface area contributed by atoms with E-state index in [1.807, 2.05) is 6.92 Å². The maximum absolute atomic E-state index is 12.8. The third kappa shape index (κ3) is 3.61. The summed E-state index contributed by atoms with van der Waals surface area (Å²) in [5, 5.41) is 9.10. The minimum atomic E-state index is -4.42. The number of aromatic nitrogens is 1. The standard InChI is InChI=1S/C18H17F3N4O3S/c1-10-6-24(13-4-2-12(3-5-13)18(19,20)21)16(29-10)22-15(26)23-7-11-8-25(17(27)28)14(11)9-23/h2-6,11,14H,7-9H2,1H3,(H,27,28)/t11-,14-/m0/s1. The van der Waals surface area contributed by atoms with Gasteiger partial charge in [-0.15, -0.1) is 11.3 Å². The molecule has 0 unspecified atom stereocenters.